The quantitative estimate of drug-likeness (QED) is 0.530. The number of hydrogen-bond donors (Lipinski definition) is 0. The van der Waals surface area contributed by atoms with E-state index in [1.165, 1.54) is 59.8 Å². The van der Waals surface area contributed by atoms with Crippen LogP contribution >= 0.6 is 0 Å². The van der Waals surface area contributed by atoms with Crippen molar-refractivity contribution in [2.75, 3.05) is 58.4 Å². The minimum Gasteiger partial charge on any atom is -0.493 e. The average molecular weight is 491 g/mol. The Bertz CT molecular complexity index is 1140. The van der Waals surface area contributed by atoms with Gasteiger partial charge in [-0.1, -0.05) is 0 Å². The summed E-state index contributed by atoms with van der Waals surface area (Å²) in [7, 11) is -0.826. The summed E-state index contributed by atoms with van der Waals surface area (Å²) in [5, 5.41) is 8.94. The number of carbonyl (C=O) groups excluding carboxylic acids is 1. The van der Waals surface area contributed by atoms with Crippen LogP contribution in [0.1, 0.15) is 6.42 Å². The first-order chi connectivity index (χ1) is 16.3. The predicted molar refractivity (Wildman–Crippen MR) is 124 cm³/mol. The zero-order valence-corrected chi connectivity index (χ0v) is 19.9. The molecule has 0 atom stereocenters. The third-order valence-electron chi connectivity index (χ3n) is 5.57. The van der Waals surface area contributed by atoms with Crippen molar-refractivity contribution in [2.24, 2.45) is 0 Å². The van der Waals surface area contributed by atoms with Gasteiger partial charge in [0.1, 0.15) is 5.82 Å². The number of piperazine rings is 1. The summed E-state index contributed by atoms with van der Waals surface area (Å²) in [5.41, 5.74) is 0.510. The Labute approximate surface area is 198 Å². The van der Waals surface area contributed by atoms with Gasteiger partial charge in [0.15, 0.2) is 11.5 Å². The van der Waals surface area contributed by atoms with Gasteiger partial charge in [-0.25, -0.2) is 12.8 Å². The number of rotatable bonds is 9. The molecule has 0 aliphatic carbocycles. The first kappa shape index (κ1) is 25.4. The maximum atomic E-state index is 13.3. The number of methoxy groups -OCH3 is 2. The highest BCUT2D eigenvalue weighted by Gasteiger charge is 2.30. The Hall–Kier alpha value is -3.20. The highest BCUT2D eigenvalue weighted by molar-refractivity contribution is 7.89. The molecule has 0 bridgehead atoms. The number of anilines is 1. The van der Waals surface area contributed by atoms with E-state index in [1.54, 1.807) is 6.07 Å². The molecule has 3 rings (SSSR count). The van der Waals surface area contributed by atoms with E-state index >= 15 is 0 Å². The van der Waals surface area contributed by atoms with Crippen molar-refractivity contribution in [2.45, 2.75) is 11.3 Å². The number of benzene rings is 2. The van der Waals surface area contributed by atoms with Gasteiger partial charge in [0.05, 0.1) is 38.1 Å². The van der Waals surface area contributed by atoms with Gasteiger partial charge in [0.2, 0.25) is 15.9 Å². The SMILES string of the molecule is COc1ccc(S(=O)(=O)N2CCN(CC(=O)N(CCC#N)c3ccc(F)cc3)CC2)cc1OC. The lowest BCUT2D eigenvalue weighted by atomic mass is 10.2. The van der Waals surface area contributed by atoms with E-state index < -0.39 is 15.8 Å². The van der Waals surface area contributed by atoms with Gasteiger partial charge < -0.3 is 14.4 Å². The molecule has 34 heavy (non-hydrogen) atoms. The molecule has 182 valence electrons. The Kier molecular flexibility index (Phi) is 8.44. The third-order valence-corrected chi connectivity index (χ3v) is 7.46. The summed E-state index contributed by atoms with van der Waals surface area (Å²) < 4.78 is 51.2. The molecule has 0 unspecified atom stereocenters. The monoisotopic (exact) mass is 490 g/mol. The largest absolute Gasteiger partial charge is 0.493 e. The van der Waals surface area contributed by atoms with Crippen LogP contribution in [0.4, 0.5) is 10.1 Å². The zero-order chi connectivity index (χ0) is 24.7. The minimum absolute atomic E-state index is 0.0626. The molecule has 1 amide bonds. The van der Waals surface area contributed by atoms with Gasteiger partial charge in [-0.05, 0) is 36.4 Å². The molecule has 2 aromatic carbocycles. The number of carbonyl (C=O) groups is 1. The molecule has 2 aromatic rings. The lowest BCUT2D eigenvalue weighted by molar-refractivity contribution is -0.120. The molecule has 0 saturated carbocycles. The van der Waals surface area contributed by atoms with Gasteiger partial charge in [-0.2, -0.15) is 9.57 Å². The highest BCUT2D eigenvalue weighted by atomic mass is 32.2. The molecule has 1 aliphatic heterocycles. The molecule has 1 saturated heterocycles. The van der Waals surface area contributed by atoms with E-state index in [-0.39, 0.29) is 43.4 Å². The lowest BCUT2D eigenvalue weighted by Crippen LogP contribution is -2.51. The fourth-order valence-electron chi connectivity index (χ4n) is 3.71. The van der Waals surface area contributed by atoms with Crippen LogP contribution in [-0.2, 0) is 14.8 Å². The van der Waals surface area contributed by atoms with Crippen molar-refractivity contribution in [1.82, 2.24) is 9.21 Å². The fraction of sp³-hybridized carbons (Fsp3) is 0.391. The Balaban J connectivity index is 1.65. The number of ether oxygens (including phenoxy) is 2. The van der Waals surface area contributed by atoms with Crippen molar-refractivity contribution in [1.29, 1.82) is 5.26 Å². The van der Waals surface area contributed by atoms with Crippen LogP contribution in [0.2, 0.25) is 0 Å². The average Bonchev–Trinajstić information content (AvgIpc) is 2.85. The van der Waals surface area contributed by atoms with Crippen molar-refractivity contribution < 1.29 is 27.1 Å². The van der Waals surface area contributed by atoms with Crippen LogP contribution in [0, 0.1) is 17.1 Å². The summed E-state index contributed by atoms with van der Waals surface area (Å²) >= 11 is 0. The van der Waals surface area contributed by atoms with Crippen LogP contribution in [0.15, 0.2) is 47.4 Å². The Morgan fingerprint density at radius 2 is 1.71 bits per heavy atom. The normalized spacial score (nSPS) is 14.9. The molecule has 1 fully saturated rings. The Morgan fingerprint density at radius 1 is 1.06 bits per heavy atom. The Morgan fingerprint density at radius 3 is 2.29 bits per heavy atom. The van der Waals surface area contributed by atoms with Crippen LogP contribution in [0.3, 0.4) is 0 Å². The number of nitriles is 1. The summed E-state index contributed by atoms with van der Waals surface area (Å²) in [4.78, 5) is 16.4. The number of nitrogens with zero attached hydrogens (tertiary/aromatic N) is 4. The smallest absolute Gasteiger partial charge is 0.243 e. The van der Waals surface area contributed by atoms with Crippen molar-refractivity contribution in [3.05, 3.63) is 48.3 Å². The summed E-state index contributed by atoms with van der Waals surface area (Å²) in [5.74, 6) is 0.110. The van der Waals surface area contributed by atoms with Crippen molar-refractivity contribution >= 4 is 21.6 Å². The molecule has 1 aliphatic rings. The first-order valence-electron chi connectivity index (χ1n) is 10.7. The van der Waals surface area contributed by atoms with Gasteiger partial charge >= 0.3 is 0 Å². The molecule has 0 N–H and O–H groups in total. The van der Waals surface area contributed by atoms with E-state index in [1.807, 2.05) is 11.0 Å². The second kappa shape index (κ2) is 11.3. The third kappa shape index (κ3) is 5.83. The van der Waals surface area contributed by atoms with E-state index in [9.17, 15) is 17.6 Å². The molecule has 9 nitrogen and oxygen atoms in total. The molecular weight excluding hydrogens is 463 g/mol. The van der Waals surface area contributed by atoms with Crippen LogP contribution in [-0.4, -0.2) is 77.0 Å². The standard InChI is InChI=1S/C23H27FN4O5S/c1-32-21-9-8-20(16-22(21)33-2)34(30,31)27-14-12-26(13-15-27)17-23(29)28(11-3-10-25)19-6-4-18(24)5-7-19/h4-9,16H,3,11-15,17H2,1-2H3. The minimum atomic E-state index is -3.74. The number of hydrogen-bond acceptors (Lipinski definition) is 7. The zero-order valence-electron chi connectivity index (χ0n) is 19.1. The molecule has 0 aromatic heterocycles. The lowest BCUT2D eigenvalue weighted by Gasteiger charge is -2.34. The van der Waals surface area contributed by atoms with E-state index in [0.29, 0.717) is 30.3 Å². The number of halogens is 1. The van der Waals surface area contributed by atoms with E-state index in [0.717, 1.165) is 0 Å². The van der Waals surface area contributed by atoms with Gasteiger partial charge in [0.25, 0.3) is 0 Å². The predicted octanol–water partition coefficient (Wildman–Crippen LogP) is 2.10. The second-order valence-corrected chi connectivity index (χ2v) is 9.56. The number of sulfonamides is 1. The van der Waals surface area contributed by atoms with Gasteiger partial charge in [-0.3, -0.25) is 9.69 Å². The summed E-state index contributed by atoms with van der Waals surface area (Å²) in [6.07, 6.45) is 0.139. The maximum Gasteiger partial charge on any atom is 0.243 e. The molecular formula is C23H27FN4O5S. The highest BCUT2D eigenvalue weighted by Crippen LogP contribution is 2.31. The summed E-state index contributed by atoms with van der Waals surface area (Å²) in [6, 6.07) is 12.0. The van der Waals surface area contributed by atoms with Crippen LogP contribution < -0.4 is 14.4 Å². The van der Waals surface area contributed by atoms with Gasteiger partial charge in [0, 0.05) is 44.5 Å². The van der Waals surface area contributed by atoms with Crippen molar-refractivity contribution in [3.8, 4) is 17.6 Å². The van der Waals surface area contributed by atoms with Crippen molar-refractivity contribution in [3.63, 3.8) is 0 Å². The van der Waals surface area contributed by atoms with E-state index in [4.69, 9.17) is 14.7 Å². The molecule has 0 spiro atoms. The van der Waals surface area contributed by atoms with Crippen LogP contribution in [0.5, 0.6) is 11.5 Å². The van der Waals surface area contributed by atoms with Gasteiger partial charge in [-0.15, -0.1) is 0 Å². The maximum absolute atomic E-state index is 13.3. The summed E-state index contributed by atoms with van der Waals surface area (Å²) in [6.45, 7) is 1.43. The van der Waals surface area contributed by atoms with E-state index in [2.05, 4.69) is 0 Å². The topological polar surface area (TPSA) is 103 Å². The molecule has 11 heteroatoms. The first-order valence-corrected chi connectivity index (χ1v) is 12.1. The van der Waals surface area contributed by atoms with Crippen LogP contribution in [0.25, 0.3) is 0 Å². The molecule has 0 radical (unpaired) electrons. The fourth-order valence-corrected chi connectivity index (χ4v) is 5.15. The number of amides is 1. The molecule has 1 heterocycles. The second-order valence-electron chi connectivity index (χ2n) is 7.63.